The van der Waals surface area contributed by atoms with Gasteiger partial charge in [0.1, 0.15) is 0 Å². The van der Waals surface area contributed by atoms with Crippen LogP contribution in [0.5, 0.6) is 0 Å². The highest BCUT2D eigenvalue weighted by Gasteiger charge is 2.20. The standard InChI is InChI=1S/C9H12ClNOS/c1-6(11-8-3-12-4-8)7-2-9(10)13-5-7/h2,5-6,8,11H,3-4H2,1H3. The van der Waals surface area contributed by atoms with Crippen LogP contribution in [0, 0.1) is 0 Å². The lowest BCUT2D eigenvalue weighted by Crippen LogP contribution is -2.46. The summed E-state index contributed by atoms with van der Waals surface area (Å²) in [7, 11) is 0. The van der Waals surface area contributed by atoms with Crippen molar-refractivity contribution in [3.8, 4) is 0 Å². The van der Waals surface area contributed by atoms with Gasteiger partial charge in [0.2, 0.25) is 0 Å². The van der Waals surface area contributed by atoms with Crippen molar-refractivity contribution in [1.29, 1.82) is 0 Å². The van der Waals surface area contributed by atoms with E-state index in [2.05, 4.69) is 17.6 Å². The molecule has 1 N–H and O–H groups in total. The van der Waals surface area contributed by atoms with Gasteiger partial charge in [-0.15, -0.1) is 11.3 Å². The molecule has 0 saturated carbocycles. The van der Waals surface area contributed by atoms with Gasteiger partial charge in [-0.3, -0.25) is 0 Å². The van der Waals surface area contributed by atoms with Crippen LogP contribution < -0.4 is 5.32 Å². The van der Waals surface area contributed by atoms with E-state index in [4.69, 9.17) is 16.3 Å². The highest BCUT2D eigenvalue weighted by molar-refractivity contribution is 7.14. The van der Waals surface area contributed by atoms with Gasteiger partial charge in [-0.05, 0) is 23.9 Å². The first-order chi connectivity index (χ1) is 6.25. The Morgan fingerprint density at radius 2 is 2.46 bits per heavy atom. The van der Waals surface area contributed by atoms with Crippen molar-refractivity contribution in [2.75, 3.05) is 13.2 Å². The first-order valence-electron chi connectivity index (χ1n) is 4.33. The summed E-state index contributed by atoms with van der Waals surface area (Å²) >= 11 is 7.43. The molecule has 72 valence electrons. The molecule has 1 aliphatic heterocycles. The second-order valence-electron chi connectivity index (χ2n) is 3.31. The van der Waals surface area contributed by atoms with E-state index in [9.17, 15) is 0 Å². The Morgan fingerprint density at radius 3 is 2.92 bits per heavy atom. The van der Waals surface area contributed by atoms with Gasteiger partial charge < -0.3 is 10.1 Å². The van der Waals surface area contributed by atoms with E-state index in [-0.39, 0.29) is 0 Å². The summed E-state index contributed by atoms with van der Waals surface area (Å²) in [5.41, 5.74) is 1.27. The van der Waals surface area contributed by atoms with E-state index in [0.717, 1.165) is 17.6 Å². The topological polar surface area (TPSA) is 21.3 Å². The molecule has 0 aromatic carbocycles. The lowest BCUT2D eigenvalue weighted by Gasteiger charge is -2.29. The second-order valence-corrected chi connectivity index (χ2v) is 4.85. The summed E-state index contributed by atoms with van der Waals surface area (Å²) in [6.07, 6.45) is 0. The van der Waals surface area contributed by atoms with Gasteiger partial charge in [0.15, 0.2) is 0 Å². The van der Waals surface area contributed by atoms with E-state index >= 15 is 0 Å². The zero-order valence-electron chi connectivity index (χ0n) is 7.42. The third kappa shape index (κ3) is 2.23. The first-order valence-corrected chi connectivity index (χ1v) is 5.59. The molecule has 1 aliphatic rings. The lowest BCUT2D eigenvalue weighted by molar-refractivity contribution is -0.00923. The normalized spacial score (nSPS) is 19.8. The van der Waals surface area contributed by atoms with E-state index < -0.39 is 0 Å². The fourth-order valence-corrected chi connectivity index (χ4v) is 2.32. The molecule has 1 atom stereocenters. The summed E-state index contributed by atoms with van der Waals surface area (Å²) in [5.74, 6) is 0. The molecule has 2 rings (SSSR count). The first kappa shape index (κ1) is 9.46. The Hall–Kier alpha value is -0.0900. The van der Waals surface area contributed by atoms with Gasteiger partial charge in [-0.2, -0.15) is 0 Å². The van der Waals surface area contributed by atoms with Crippen molar-refractivity contribution in [2.45, 2.75) is 19.0 Å². The predicted octanol–water partition coefficient (Wildman–Crippen LogP) is 2.45. The van der Waals surface area contributed by atoms with Crippen molar-refractivity contribution in [2.24, 2.45) is 0 Å². The third-order valence-corrected chi connectivity index (χ3v) is 3.32. The number of rotatable bonds is 3. The smallest absolute Gasteiger partial charge is 0.0931 e. The van der Waals surface area contributed by atoms with Gasteiger partial charge >= 0.3 is 0 Å². The largest absolute Gasteiger partial charge is 0.378 e. The van der Waals surface area contributed by atoms with Crippen LogP contribution in [0.1, 0.15) is 18.5 Å². The van der Waals surface area contributed by atoms with Gasteiger partial charge in [0.05, 0.1) is 23.6 Å². The van der Waals surface area contributed by atoms with Crippen molar-refractivity contribution in [3.63, 3.8) is 0 Å². The van der Waals surface area contributed by atoms with Gasteiger partial charge in [0.25, 0.3) is 0 Å². The fourth-order valence-electron chi connectivity index (χ4n) is 1.33. The molecule has 1 aromatic rings. The zero-order valence-corrected chi connectivity index (χ0v) is 8.99. The van der Waals surface area contributed by atoms with Crippen LogP contribution >= 0.6 is 22.9 Å². The summed E-state index contributed by atoms with van der Waals surface area (Å²) in [6, 6.07) is 2.91. The number of hydrogen-bond donors (Lipinski definition) is 1. The highest BCUT2D eigenvalue weighted by atomic mass is 35.5. The molecule has 0 amide bonds. The number of halogens is 1. The monoisotopic (exact) mass is 217 g/mol. The molecule has 0 aliphatic carbocycles. The van der Waals surface area contributed by atoms with Crippen molar-refractivity contribution < 1.29 is 4.74 Å². The third-order valence-electron chi connectivity index (χ3n) is 2.21. The lowest BCUT2D eigenvalue weighted by atomic mass is 10.1. The molecule has 0 spiro atoms. The molecule has 1 saturated heterocycles. The average Bonchev–Trinajstić information content (AvgIpc) is 2.44. The van der Waals surface area contributed by atoms with E-state index in [0.29, 0.717) is 12.1 Å². The van der Waals surface area contributed by atoms with Crippen LogP contribution in [0.25, 0.3) is 0 Å². The van der Waals surface area contributed by atoms with Gasteiger partial charge in [0, 0.05) is 6.04 Å². The molecule has 4 heteroatoms. The summed E-state index contributed by atoms with van der Waals surface area (Å²) in [5, 5.41) is 5.57. The van der Waals surface area contributed by atoms with Gasteiger partial charge in [-0.25, -0.2) is 0 Å². The van der Waals surface area contributed by atoms with Crippen LogP contribution in [0.2, 0.25) is 4.34 Å². The van der Waals surface area contributed by atoms with Crippen molar-refractivity contribution in [3.05, 3.63) is 21.3 Å². The molecular formula is C9H12ClNOS. The predicted molar refractivity (Wildman–Crippen MR) is 55.5 cm³/mol. The second kappa shape index (κ2) is 3.96. The molecular weight excluding hydrogens is 206 g/mol. The molecule has 2 nitrogen and oxygen atoms in total. The number of nitrogens with one attached hydrogen (secondary N) is 1. The summed E-state index contributed by atoms with van der Waals surface area (Å²) in [6.45, 7) is 3.82. The van der Waals surface area contributed by atoms with E-state index in [1.807, 2.05) is 6.07 Å². The Labute approximate surface area is 86.9 Å². The number of ether oxygens (including phenoxy) is 1. The highest BCUT2D eigenvalue weighted by Crippen LogP contribution is 2.25. The minimum atomic E-state index is 0.373. The molecule has 1 unspecified atom stereocenters. The fraction of sp³-hybridized carbons (Fsp3) is 0.556. The van der Waals surface area contributed by atoms with Crippen LogP contribution in [-0.4, -0.2) is 19.3 Å². The summed E-state index contributed by atoms with van der Waals surface area (Å²) in [4.78, 5) is 0. The average molecular weight is 218 g/mol. The molecule has 0 bridgehead atoms. The minimum absolute atomic E-state index is 0.373. The SMILES string of the molecule is CC(NC1COC1)c1csc(Cl)c1. The van der Waals surface area contributed by atoms with E-state index in [1.165, 1.54) is 5.56 Å². The Bertz CT molecular complexity index is 285. The van der Waals surface area contributed by atoms with Crippen molar-refractivity contribution in [1.82, 2.24) is 5.32 Å². The van der Waals surface area contributed by atoms with Gasteiger partial charge in [-0.1, -0.05) is 11.6 Å². The molecule has 2 heterocycles. The number of thiophene rings is 1. The molecule has 1 fully saturated rings. The van der Waals surface area contributed by atoms with Crippen molar-refractivity contribution >= 4 is 22.9 Å². The van der Waals surface area contributed by atoms with Crippen LogP contribution in [0.4, 0.5) is 0 Å². The van der Waals surface area contributed by atoms with Crippen LogP contribution in [-0.2, 0) is 4.74 Å². The summed E-state index contributed by atoms with van der Waals surface area (Å²) < 4.78 is 5.95. The Kier molecular flexibility index (Phi) is 2.89. The zero-order chi connectivity index (χ0) is 9.26. The minimum Gasteiger partial charge on any atom is -0.378 e. The maximum Gasteiger partial charge on any atom is 0.0931 e. The Balaban J connectivity index is 1.92. The maximum absolute atomic E-state index is 5.85. The molecule has 13 heavy (non-hydrogen) atoms. The molecule has 1 aromatic heterocycles. The quantitative estimate of drug-likeness (QED) is 0.840. The van der Waals surface area contributed by atoms with Crippen LogP contribution in [0.15, 0.2) is 11.4 Å². The Morgan fingerprint density at radius 1 is 1.69 bits per heavy atom. The van der Waals surface area contributed by atoms with E-state index in [1.54, 1.807) is 11.3 Å². The molecule has 0 radical (unpaired) electrons. The van der Waals surface area contributed by atoms with Crippen LogP contribution in [0.3, 0.4) is 0 Å². The maximum atomic E-state index is 5.85. The number of hydrogen-bond acceptors (Lipinski definition) is 3.